The summed E-state index contributed by atoms with van der Waals surface area (Å²) in [6.07, 6.45) is 4.94. The van der Waals surface area contributed by atoms with Crippen molar-refractivity contribution in [3.63, 3.8) is 0 Å². The molecule has 0 unspecified atom stereocenters. The zero-order chi connectivity index (χ0) is 13.7. The van der Waals surface area contributed by atoms with Crippen LogP contribution in [-0.2, 0) is 11.3 Å². The number of esters is 1. The van der Waals surface area contributed by atoms with Gasteiger partial charge < -0.3 is 9.64 Å². The average molecular weight is 259 g/mol. The zero-order valence-corrected chi connectivity index (χ0v) is 10.6. The third-order valence-corrected chi connectivity index (χ3v) is 2.45. The fourth-order valence-electron chi connectivity index (χ4n) is 1.48. The molecule has 98 valence electrons. The molecule has 0 aliphatic rings. The van der Waals surface area contributed by atoms with Gasteiger partial charge in [0, 0.05) is 19.4 Å². The maximum atomic E-state index is 11.2. The van der Waals surface area contributed by atoms with Crippen molar-refractivity contribution in [2.75, 3.05) is 19.1 Å². The molecule has 7 heteroatoms. The molecule has 7 nitrogen and oxygen atoms in total. The van der Waals surface area contributed by atoms with E-state index in [0.717, 1.165) is 5.69 Å². The number of rotatable bonds is 4. The molecule has 0 N–H and O–H groups in total. The molecule has 0 fully saturated rings. The summed E-state index contributed by atoms with van der Waals surface area (Å²) in [5.41, 5.74) is 1.00. The van der Waals surface area contributed by atoms with Crippen molar-refractivity contribution >= 4 is 11.8 Å². The van der Waals surface area contributed by atoms with Gasteiger partial charge in [-0.3, -0.25) is 9.97 Å². The summed E-state index contributed by atoms with van der Waals surface area (Å²) in [6, 6.07) is 3.27. The fourth-order valence-corrected chi connectivity index (χ4v) is 1.48. The zero-order valence-electron chi connectivity index (χ0n) is 10.6. The predicted octanol–water partition coefficient (Wildman–Crippen LogP) is 0.690. The number of carbonyl (C=O) groups excluding carboxylic acids is 1. The molecule has 0 bridgehead atoms. The van der Waals surface area contributed by atoms with Crippen LogP contribution in [-0.4, -0.2) is 40.3 Å². The van der Waals surface area contributed by atoms with Gasteiger partial charge in [0.1, 0.15) is 0 Å². The molecule has 0 saturated carbocycles. The third-order valence-electron chi connectivity index (χ3n) is 2.45. The topological polar surface area (TPSA) is 81.1 Å². The summed E-state index contributed by atoms with van der Waals surface area (Å²) in [7, 11) is 3.16. The molecule has 0 amide bonds. The van der Waals surface area contributed by atoms with Crippen LogP contribution in [0.4, 0.5) is 5.82 Å². The minimum absolute atomic E-state index is 0.180. The van der Waals surface area contributed by atoms with Crippen LogP contribution in [0.15, 0.2) is 30.7 Å². The maximum absolute atomic E-state index is 11.2. The number of aromatic nitrogens is 4. The molecule has 2 aromatic heterocycles. The van der Waals surface area contributed by atoms with Gasteiger partial charge in [-0.2, -0.15) is 0 Å². The second kappa shape index (κ2) is 5.85. The molecule has 0 aliphatic heterocycles. The molecule has 0 saturated heterocycles. The van der Waals surface area contributed by atoms with Crippen LogP contribution in [0.2, 0.25) is 0 Å². The van der Waals surface area contributed by atoms with Crippen LogP contribution in [0.1, 0.15) is 16.2 Å². The highest BCUT2D eigenvalue weighted by molar-refractivity contribution is 5.86. The number of anilines is 1. The van der Waals surface area contributed by atoms with Crippen molar-refractivity contribution in [3.05, 3.63) is 42.1 Å². The van der Waals surface area contributed by atoms with Crippen molar-refractivity contribution in [2.24, 2.45) is 0 Å². The van der Waals surface area contributed by atoms with Crippen LogP contribution < -0.4 is 4.90 Å². The van der Waals surface area contributed by atoms with Gasteiger partial charge in [-0.25, -0.2) is 4.79 Å². The molecule has 2 aromatic rings. The Bertz CT molecular complexity index is 544. The van der Waals surface area contributed by atoms with Crippen molar-refractivity contribution in [3.8, 4) is 0 Å². The summed E-state index contributed by atoms with van der Waals surface area (Å²) in [4.78, 5) is 21.3. The lowest BCUT2D eigenvalue weighted by Gasteiger charge is -2.16. The molecule has 0 atom stereocenters. The Labute approximate surface area is 110 Å². The Morgan fingerprint density at radius 2 is 2.16 bits per heavy atom. The lowest BCUT2D eigenvalue weighted by atomic mass is 10.3. The number of ether oxygens (including phenoxy) is 1. The third kappa shape index (κ3) is 3.21. The first-order chi connectivity index (χ1) is 9.20. The summed E-state index contributed by atoms with van der Waals surface area (Å²) >= 11 is 0. The van der Waals surface area contributed by atoms with Crippen molar-refractivity contribution in [1.29, 1.82) is 0 Å². The van der Waals surface area contributed by atoms with Crippen LogP contribution in [0.25, 0.3) is 0 Å². The number of hydrogen-bond acceptors (Lipinski definition) is 7. The summed E-state index contributed by atoms with van der Waals surface area (Å²) < 4.78 is 4.56. The fraction of sp³-hybridized carbons (Fsp3) is 0.250. The van der Waals surface area contributed by atoms with E-state index in [-0.39, 0.29) is 5.69 Å². The van der Waals surface area contributed by atoms with Crippen molar-refractivity contribution in [1.82, 2.24) is 20.2 Å². The molecule has 0 spiro atoms. The summed E-state index contributed by atoms with van der Waals surface area (Å²) in [5.74, 6) is 0.133. The molecule has 2 heterocycles. The SMILES string of the molecule is COC(=O)c1ccc(N(C)Cc2cnccn2)nn1. The molecular weight excluding hydrogens is 246 g/mol. The minimum atomic E-state index is -0.504. The average Bonchev–Trinajstić information content (AvgIpc) is 2.47. The van der Waals surface area contributed by atoms with E-state index in [9.17, 15) is 4.79 Å². The van der Waals surface area contributed by atoms with Gasteiger partial charge in [0.2, 0.25) is 0 Å². The van der Waals surface area contributed by atoms with Crippen LogP contribution >= 0.6 is 0 Å². The Morgan fingerprint density at radius 1 is 1.32 bits per heavy atom. The van der Waals surface area contributed by atoms with Crippen LogP contribution in [0.3, 0.4) is 0 Å². The van der Waals surface area contributed by atoms with Crippen LogP contribution in [0, 0.1) is 0 Å². The Hall–Kier alpha value is -2.57. The van der Waals surface area contributed by atoms with Gasteiger partial charge in [-0.15, -0.1) is 10.2 Å². The lowest BCUT2D eigenvalue weighted by Crippen LogP contribution is -2.19. The number of methoxy groups -OCH3 is 1. The number of carbonyl (C=O) groups is 1. The van der Waals surface area contributed by atoms with E-state index in [1.807, 2.05) is 11.9 Å². The van der Waals surface area contributed by atoms with E-state index in [1.54, 1.807) is 30.7 Å². The Kier molecular flexibility index (Phi) is 3.97. The first kappa shape index (κ1) is 12.9. The van der Waals surface area contributed by atoms with E-state index in [2.05, 4.69) is 24.9 Å². The van der Waals surface area contributed by atoms with Gasteiger partial charge in [-0.05, 0) is 12.1 Å². The predicted molar refractivity (Wildman–Crippen MR) is 67.5 cm³/mol. The highest BCUT2D eigenvalue weighted by Crippen LogP contribution is 2.10. The first-order valence-electron chi connectivity index (χ1n) is 5.59. The highest BCUT2D eigenvalue weighted by atomic mass is 16.5. The smallest absolute Gasteiger partial charge is 0.358 e. The molecular formula is C12H13N5O2. The Balaban J connectivity index is 2.07. The summed E-state index contributed by atoms with van der Waals surface area (Å²) in [6.45, 7) is 0.556. The van der Waals surface area contributed by atoms with Gasteiger partial charge in [0.05, 0.1) is 25.5 Å². The second-order valence-corrected chi connectivity index (χ2v) is 3.82. The maximum Gasteiger partial charge on any atom is 0.358 e. The first-order valence-corrected chi connectivity index (χ1v) is 5.59. The van der Waals surface area contributed by atoms with Crippen molar-refractivity contribution < 1.29 is 9.53 Å². The molecule has 19 heavy (non-hydrogen) atoms. The number of nitrogens with zero attached hydrogens (tertiary/aromatic N) is 5. The van der Waals surface area contributed by atoms with E-state index >= 15 is 0 Å². The quantitative estimate of drug-likeness (QED) is 0.747. The minimum Gasteiger partial charge on any atom is -0.464 e. The van der Waals surface area contributed by atoms with E-state index in [4.69, 9.17) is 0 Å². The summed E-state index contributed by atoms with van der Waals surface area (Å²) in [5, 5.41) is 7.78. The van der Waals surface area contributed by atoms with Gasteiger partial charge in [0.15, 0.2) is 11.5 Å². The van der Waals surface area contributed by atoms with E-state index in [0.29, 0.717) is 12.4 Å². The second-order valence-electron chi connectivity index (χ2n) is 3.82. The molecule has 0 aliphatic carbocycles. The van der Waals surface area contributed by atoms with E-state index in [1.165, 1.54) is 7.11 Å². The van der Waals surface area contributed by atoms with Gasteiger partial charge >= 0.3 is 5.97 Å². The van der Waals surface area contributed by atoms with E-state index < -0.39 is 5.97 Å². The monoisotopic (exact) mass is 259 g/mol. The van der Waals surface area contributed by atoms with Gasteiger partial charge in [-0.1, -0.05) is 0 Å². The van der Waals surface area contributed by atoms with Crippen molar-refractivity contribution in [2.45, 2.75) is 6.54 Å². The molecule has 2 rings (SSSR count). The number of hydrogen-bond donors (Lipinski definition) is 0. The highest BCUT2D eigenvalue weighted by Gasteiger charge is 2.10. The normalized spacial score (nSPS) is 10.0. The molecule has 0 radical (unpaired) electrons. The Morgan fingerprint density at radius 3 is 2.74 bits per heavy atom. The largest absolute Gasteiger partial charge is 0.464 e. The van der Waals surface area contributed by atoms with Gasteiger partial charge in [0.25, 0.3) is 0 Å². The molecule has 0 aromatic carbocycles. The lowest BCUT2D eigenvalue weighted by molar-refractivity contribution is 0.0592. The standard InChI is InChI=1S/C12H13N5O2/c1-17(8-9-7-13-5-6-14-9)11-4-3-10(15-16-11)12(18)19-2/h3-7H,8H2,1-2H3. The van der Waals surface area contributed by atoms with Crippen LogP contribution in [0.5, 0.6) is 0 Å².